The van der Waals surface area contributed by atoms with Crippen LogP contribution in [-0.4, -0.2) is 95.4 Å². The van der Waals surface area contributed by atoms with E-state index in [1.54, 1.807) is 91.8 Å². The van der Waals surface area contributed by atoms with Crippen LogP contribution in [-0.2, 0) is 28.7 Å². The first-order valence-electron chi connectivity index (χ1n) is 17.7. The Balaban J connectivity index is 2.34. The van der Waals surface area contributed by atoms with Gasteiger partial charge in [0.15, 0.2) is 0 Å². The number of carboxylic acids is 1. The topological polar surface area (TPSA) is 230 Å². The molecule has 0 heterocycles. The van der Waals surface area contributed by atoms with Crippen molar-refractivity contribution in [1.82, 2.24) is 31.9 Å². The second kappa shape index (κ2) is 20.3. The monoisotopic (exact) mass is 788 g/mol. The van der Waals surface area contributed by atoms with Gasteiger partial charge in [0.25, 0.3) is 5.91 Å². The third kappa shape index (κ3) is 17.1. The number of benzene rings is 2. The maximum atomic E-state index is 13.8. The fraction of sp³-hybridized carbons (Fsp3) is 0.500. The summed E-state index contributed by atoms with van der Waals surface area (Å²) in [6, 6.07) is 8.05. The highest BCUT2D eigenvalue weighted by atomic mass is 35.5. The Labute approximate surface area is 326 Å². The van der Waals surface area contributed by atoms with Gasteiger partial charge in [-0.05, 0) is 96.2 Å². The van der Waals surface area contributed by atoms with Crippen molar-refractivity contribution in [3.8, 4) is 11.1 Å². The summed E-state index contributed by atoms with van der Waals surface area (Å²) in [6.07, 6.45) is -1.66. The van der Waals surface area contributed by atoms with Crippen LogP contribution in [0.2, 0.25) is 5.02 Å². The molecule has 0 aliphatic rings. The number of amides is 6. The van der Waals surface area contributed by atoms with Gasteiger partial charge < -0.3 is 46.5 Å². The lowest BCUT2D eigenvalue weighted by atomic mass is 10.0. The van der Waals surface area contributed by atoms with Crippen LogP contribution in [0.4, 0.5) is 9.59 Å². The van der Waals surface area contributed by atoms with Crippen LogP contribution < -0.4 is 31.9 Å². The molecule has 0 saturated carbocycles. The molecule has 16 nitrogen and oxygen atoms in total. The number of nitrogens with one attached hydrogen (secondary N) is 6. The fourth-order valence-corrected chi connectivity index (χ4v) is 4.88. The number of carbonyl (C=O) groups excluding carboxylic acids is 6. The minimum atomic E-state index is -1.55. The predicted molar refractivity (Wildman–Crippen MR) is 205 cm³/mol. The molecule has 302 valence electrons. The Morgan fingerprint density at radius 1 is 0.618 bits per heavy atom. The van der Waals surface area contributed by atoms with E-state index in [1.807, 2.05) is 12.1 Å². The van der Waals surface area contributed by atoms with Gasteiger partial charge in [-0.25, -0.2) is 14.4 Å². The number of aliphatic carboxylic acids is 1. The van der Waals surface area contributed by atoms with E-state index < -0.39 is 90.2 Å². The molecule has 4 atom stereocenters. The molecule has 0 aliphatic heterocycles. The molecule has 0 saturated heterocycles. The normalized spacial score (nSPS) is 13.6. The second-order valence-electron chi connectivity index (χ2n) is 15.2. The predicted octanol–water partition coefficient (Wildman–Crippen LogP) is 3.76. The Morgan fingerprint density at radius 3 is 1.47 bits per heavy atom. The molecule has 4 unspecified atom stereocenters. The van der Waals surface area contributed by atoms with Crippen LogP contribution in [0.5, 0.6) is 0 Å². The molecular weight excluding hydrogens is 736 g/mol. The number of rotatable bonds is 16. The highest BCUT2D eigenvalue weighted by Crippen LogP contribution is 2.22. The van der Waals surface area contributed by atoms with Crippen molar-refractivity contribution in [1.29, 1.82) is 0 Å². The van der Waals surface area contributed by atoms with Crippen LogP contribution in [0.25, 0.3) is 11.1 Å². The van der Waals surface area contributed by atoms with Crippen LogP contribution >= 0.6 is 11.6 Å². The standard InChI is InChI=1S/C38H53ClN6O10/c1-21(2)18-27(34(50)51)43-30(46)22(3)42-32(48)28(19-40-35(52)54-37(4,5)6)45-33(49)29(20-41-36(53)55-38(7,8)9)44-31(47)25-12-10-23(11-13-25)24-14-16-26(39)17-15-24/h10-17,21-22,27-29H,18-20H2,1-9H3,(H,40,52)(H,41,53)(H,42,48)(H,43,46)(H,44,47)(H,45,49)(H,50,51). The highest BCUT2D eigenvalue weighted by molar-refractivity contribution is 6.30. The highest BCUT2D eigenvalue weighted by Gasteiger charge is 2.32. The van der Waals surface area contributed by atoms with E-state index in [9.17, 15) is 38.7 Å². The van der Waals surface area contributed by atoms with Gasteiger partial charge in [-0.3, -0.25) is 19.2 Å². The average molecular weight is 789 g/mol. The van der Waals surface area contributed by atoms with Crippen LogP contribution in [0.15, 0.2) is 48.5 Å². The van der Waals surface area contributed by atoms with Crippen LogP contribution in [0, 0.1) is 5.92 Å². The van der Waals surface area contributed by atoms with E-state index in [1.165, 1.54) is 6.92 Å². The molecule has 0 aromatic heterocycles. The first kappa shape index (κ1) is 45.8. The Morgan fingerprint density at radius 2 is 1.04 bits per heavy atom. The lowest BCUT2D eigenvalue weighted by Crippen LogP contribution is -2.61. The van der Waals surface area contributed by atoms with Crippen molar-refractivity contribution in [2.45, 2.75) is 104 Å². The van der Waals surface area contributed by atoms with Crippen molar-refractivity contribution >= 4 is 53.4 Å². The van der Waals surface area contributed by atoms with Gasteiger partial charge in [-0.1, -0.05) is 49.7 Å². The lowest BCUT2D eigenvalue weighted by Gasteiger charge is -2.26. The van der Waals surface area contributed by atoms with Gasteiger partial charge in [0.05, 0.1) is 13.1 Å². The van der Waals surface area contributed by atoms with Crippen molar-refractivity contribution in [3.63, 3.8) is 0 Å². The molecule has 17 heteroatoms. The lowest BCUT2D eigenvalue weighted by molar-refractivity contribution is -0.142. The fourth-order valence-electron chi connectivity index (χ4n) is 4.76. The van der Waals surface area contributed by atoms with E-state index >= 15 is 0 Å². The summed E-state index contributed by atoms with van der Waals surface area (Å²) in [5.74, 6) is -4.70. The first-order chi connectivity index (χ1) is 25.4. The minimum absolute atomic E-state index is 0.0585. The largest absolute Gasteiger partial charge is 0.480 e. The summed E-state index contributed by atoms with van der Waals surface area (Å²) >= 11 is 5.99. The maximum absolute atomic E-state index is 13.8. The van der Waals surface area contributed by atoms with Crippen molar-refractivity contribution in [3.05, 3.63) is 59.1 Å². The number of carbonyl (C=O) groups is 7. The molecule has 7 N–H and O–H groups in total. The zero-order valence-corrected chi connectivity index (χ0v) is 33.4. The van der Waals surface area contributed by atoms with Gasteiger partial charge in [0.1, 0.15) is 35.4 Å². The van der Waals surface area contributed by atoms with E-state index in [4.69, 9.17) is 21.1 Å². The molecule has 2 rings (SSSR count). The summed E-state index contributed by atoms with van der Waals surface area (Å²) in [5, 5.41) is 24.8. The molecule has 0 spiro atoms. The number of carboxylic acid groups (broad SMARTS) is 1. The Bertz CT molecular complexity index is 1670. The molecule has 0 fully saturated rings. The molecule has 55 heavy (non-hydrogen) atoms. The molecule has 6 amide bonds. The van der Waals surface area contributed by atoms with Gasteiger partial charge >= 0.3 is 18.2 Å². The number of halogens is 1. The summed E-state index contributed by atoms with van der Waals surface area (Å²) in [7, 11) is 0. The summed E-state index contributed by atoms with van der Waals surface area (Å²) in [4.78, 5) is 90.4. The van der Waals surface area contributed by atoms with E-state index in [0.717, 1.165) is 11.1 Å². The average Bonchev–Trinajstić information content (AvgIpc) is 3.06. The molecule has 0 aliphatic carbocycles. The maximum Gasteiger partial charge on any atom is 0.407 e. The minimum Gasteiger partial charge on any atom is -0.480 e. The summed E-state index contributed by atoms with van der Waals surface area (Å²) < 4.78 is 10.5. The third-order valence-corrected chi connectivity index (χ3v) is 7.60. The molecule has 0 bridgehead atoms. The zero-order valence-electron chi connectivity index (χ0n) is 32.6. The van der Waals surface area contributed by atoms with Crippen molar-refractivity contribution in [2.75, 3.05) is 13.1 Å². The second-order valence-corrected chi connectivity index (χ2v) is 15.6. The van der Waals surface area contributed by atoms with Gasteiger partial charge in [-0.2, -0.15) is 0 Å². The third-order valence-electron chi connectivity index (χ3n) is 7.35. The molecular formula is C38H53ClN6O10. The van der Waals surface area contributed by atoms with E-state index in [0.29, 0.717) is 5.02 Å². The van der Waals surface area contributed by atoms with Crippen molar-refractivity contribution < 1.29 is 48.1 Å². The summed E-state index contributed by atoms with van der Waals surface area (Å²) in [6.45, 7) is 13.7. The smallest absolute Gasteiger partial charge is 0.407 e. The van der Waals surface area contributed by atoms with E-state index in [-0.39, 0.29) is 17.9 Å². The van der Waals surface area contributed by atoms with Crippen LogP contribution in [0.3, 0.4) is 0 Å². The zero-order chi connectivity index (χ0) is 41.7. The number of hydrogen-bond acceptors (Lipinski definition) is 9. The van der Waals surface area contributed by atoms with Crippen LogP contribution in [0.1, 0.15) is 79.1 Å². The van der Waals surface area contributed by atoms with Gasteiger partial charge in [0.2, 0.25) is 17.7 Å². The molecule has 0 radical (unpaired) electrons. The molecule has 2 aromatic carbocycles. The number of ether oxygens (including phenoxy) is 2. The first-order valence-corrected chi connectivity index (χ1v) is 18.1. The van der Waals surface area contributed by atoms with Crippen molar-refractivity contribution in [2.24, 2.45) is 5.92 Å². The van der Waals surface area contributed by atoms with E-state index in [2.05, 4.69) is 31.9 Å². The quantitative estimate of drug-likeness (QED) is 0.130. The number of hydrogen-bond donors (Lipinski definition) is 7. The number of alkyl carbamates (subject to hydrolysis) is 2. The summed E-state index contributed by atoms with van der Waals surface area (Å²) in [5.41, 5.74) is 0.0377. The SMILES string of the molecule is CC(C)CC(NC(=O)C(C)NC(=O)C(CNC(=O)OC(C)(C)C)NC(=O)C(CNC(=O)OC(C)(C)C)NC(=O)c1ccc(-c2ccc(Cl)cc2)cc1)C(=O)O. The van der Waals surface area contributed by atoms with Gasteiger partial charge in [-0.15, -0.1) is 0 Å². The Kier molecular flexibility index (Phi) is 16.9. The Hall–Kier alpha value is -5.38. The van der Waals surface area contributed by atoms with Gasteiger partial charge in [0, 0.05) is 10.6 Å². The molecule has 2 aromatic rings.